The smallest absolute Gasteiger partial charge is 0.359 e. The summed E-state index contributed by atoms with van der Waals surface area (Å²) in [4.78, 5) is 22.7. The summed E-state index contributed by atoms with van der Waals surface area (Å²) >= 11 is 11.9. The molecule has 0 radical (unpaired) electrons. The van der Waals surface area contributed by atoms with Crippen molar-refractivity contribution in [2.45, 2.75) is 6.92 Å². The Hall–Kier alpha value is -1.85. The molecule has 0 aliphatic heterocycles. The van der Waals surface area contributed by atoms with Crippen LogP contribution in [0.4, 0.5) is 0 Å². The Balaban J connectivity index is 2.48. The van der Waals surface area contributed by atoms with Crippen molar-refractivity contribution in [1.82, 2.24) is 9.78 Å². The van der Waals surface area contributed by atoms with Crippen molar-refractivity contribution in [3.8, 4) is 5.69 Å². The zero-order valence-electron chi connectivity index (χ0n) is 10.5. The summed E-state index contributed by atoms with van der Waals surface area (Å²) in [5, 5.41) is 4.88. The number of hydrogen-bond acceptors (Lipinski definition) is 4. The molecular weight excluding hydrogens is 303 g/mol. The second-order valence-corrected chi connectivity index (χ2v) is 4.66. The SMILES string of the molecule is CCOC(=O)c1nn(-c2ccc(Cl)cc2Cl)cc1C=O. The monoisotopic (exact) mass is 312 g/mol. The number of benzene rings is 1. The van der Waals surface area contributed by atoms with Gasteiger partial charge in [-0.15, -0.1) is 0 Å². The lowest BCUT2D eigenvalue weighted by Gasteiger charge is -2.04. The number of halogens is 2. The molecule has 0 aliphatic carbocycles. The first kappa shape index (κ1) is 14.6. The molecule has 1 heterocycles. The third-order valence-electron chi connectivity index (χ3n) is 2.49. The van der Waals surface area contributed by atoms with Crippen molar-refractivity contribution in [1.29, 1.82) is 0 Å². The number of carbonyl (C=O) groups excluding carboxylic acids is 2. The number of carbonyl (C=O) groups is 2. The molecule has 2 rings (SSSR count). The van der Waals surface area contributed by atoms with Crippen LogP contribution >= 0.6 is 23.2 Å². The highest BCUT2D eigenvalue weighted by Gasteiger charge is 2.19. The van der Waals surface area contributed by atoms with E-state index in [1.807, 2.05) is 0 Å². The molecule has 0 spiro atoms. The van der Waals surface area contributed by atoms with Gasteiger partial charge in [-0.2, -0.15) is 5.10 Å². The van der Waals surface area contributed by atoms with Gasteiger partial charge in [0.25, 0.3) is 0 Å². The van der Waals surface area contributed by atoms with E-state index < -0.39 is 5.97 Å². The molecule has 0 aliphatic rings. The van der Waals surface area contributed by atoms with Crippen LogP contribution in [-0.2, 0) is 4.74 Å². The number of aldehydes is 1. The fourth-order valence-corrected chi connectivity index (χ4v) is 2.12. The van der Waals surface area contributed by atoms with E-state index in [9.17, 15) is 9.59 Å². The molecule has 0 bridgehead atoms. The molecule has 0 saturated carbocycles. The van der Waals surface area contributed by atoms with Gasteiger partial charge in [0.05, 0.1) is 22.9 Å². The molecule has 0 amide bonds. The van der Waals surface area contributed by atoms with Gasteiger partial charge in [-0.05, 0) is 25.1 Å². The highest BCUT2D eigenvalue weighted by Crippen LogP contribution is 2.24. The molecule has 0 atom stereocenters. The Kier molecular flexibility index (Phi) is 4.42. The Morgan fingerprint density at radius 1 is 1.45 bits per heavy atom. The standard InChI is InChI=1S/C13H10Cl2N2O3/c1-2-20-13(19)12-8(7-18)6-17(16-12)11-4-3-9(14)5-10(11)15/h3-7H,2H2,1H3. The van der Waals surface area contributed by atoms with E-state index in [4.69, 9.17) is 27.9 Å². The predicted octanol–water partition coefficient (Wildman–Crippen LogP) is 3.17. The Bertz CT molecular complexity index is 668. The molecule has 104 valence electrons. The van der Waals surface area contributed by atoms with Crippen LogP contribution < -0.4 is 0 Å². The quantitative estimate of drug-likeness (QED) is 0.642. The maximum absolute atomic E-state index is 11.7. The van der Waals surface area contributed by atoms with Crippen LogP contribution in [0.1, 0.15) is 27.8 Å². The minimum atomic E-state index is -0.654. The predicted molar refractivity (Wildman–Crippen MR) is 74.9 cm³/mol. The molecular formula is C13H10Cl2N2O3. The largest absolute Gasteiger partial charge is 0.461 e. The summed E-state index contributed by atoms with van der Waals surface area (Å²) in [7, 11) is 0. The highest BCUT2D eigenvalue weighted by molar-refractivity contribution is 6.35. The first-order chi connectivity index (χ1) is 9.56. The summed E-state index contributed by atoms with van der Waals surface area (Å²) in [6, 6.07) is 4.82. The number of ether oxygens (including phenoxy) is 1. The van der Waals surface area contributed by atoms with Crippen LogP contribution in [0.15, 0.2) is 24.4 Å². The van der Waals surface area contributed by atoms with Crippen LogP contribution in [-0.4, -0.2) is 28.6 Å². The lowest BCUT2D eigenvalue weighted by molar-refractivity contribution is 0.0517. The molecule has 7 heteroatoms. The fourth-order valence-electron chi connectivity index (χ4n) is 1.62. The van der Waals surface area contributed by atoms with Gasteiger partial charge in [0.1, 0.15) is 0 Å². The summed E-state index contributed by atoms with van der Waals surface area (Å²) in [5.41, 5.74) is 0.594. The van der Waals surface area contributed by atoms with E-state index in [1.165, 1.54) is 10.9 Å². The van der Waals surface area contributed by atoms with E-state index >= 15 is 0 Å². The van der Waals surface area contributed by atoms with Crippen LogP contribution in [0, 0.1) is 0 Å². The minimum absolute atomic E-state index is 0.0483. The number of aromatic nitrogens is 2. The van der Waals surface area contributed by atoms with Gasteiger partial charge >= 0.3 is 5.97 Å². The second kappa shape index (κ2) is 6.07. The van der Waals surface area contributed by atoms with Crippen molar-refractivity contribution in [2.24, 2.45) is 0 Å². The molecule has 0 N–H and O–H groups in total. The van der Waals surface area contributed by atoms with E-state index in [-0.39, 0.29) is 17.9 Å². The van der Waals surface area contributed by atoms with E-state index in [0.29, 0.717) is 22.0 Å². The third kappa shape index (κ3) is 2.84. The molecule has 2 aromatic rings. The third-order valence-corrected chi connectivity index (χ3v) is 3.03. The first-order valence-corrected chi connectivity index (χ1v) is 6.49. The molecule has 0 unspecified atom stereocenters. The normalized spacial score (nSPS) is 10.3. The molecule has 0 fully saturated rings. The average molecular weight is 313 g/mol. The average Bonchev–Trinajstić information content (AvgIpc) is 2.83. The maximum atomic E-state index is 11.7. The summed E-state index contributed by atoms with van der Waals surface area (Å²) in [6.45, 7) is 1.87. The lowest BCUT2D eigenvalue weighted by Crippen LogP contribution is -2.08. The number of hydrogen-bond donors (Lipinski definition) is 0. The van der Waals surface area contributed by atoms with Crippen LogP contribution in [0.3, 0.4) is 0 Å². The van der Waals surface area contributed by atoms with Crippen LogP contribution in [0.5, 0.6) is 0 Å². The number of rotatable bonds is 4. The molecule has 5 nitrogen and oxygen atoms in total. The lowest BCUT2D eigenvalue weighted by atomic mass is 10.3. The van der Waals surface area contributed by atoms with Crippen molar-refractivity contribution in [3.63, 3.8) is 0 Å². The summed E-state index contributed by atoms with van der Waals surface area (Å²) in [6.07, 6.45) is 1.95. The number of nitrogens with zero attached hydrogens (tertiary/aromatic N) is 2. The van der Waals surface area contributed by atoms with Gasteiger partial charge in [0.15, 0.2) is 12.0 Å². The van der Waals surface area contributed by atoms with Gasteiger partial charge in [0, 0.05) is 11.2 Å². The zero-order valence-corrected chi connectivity index (χ0v) is 12.0. The molecule has 20 heavy (non-hydrogen) atoms. The van der Waals surface area contributed by atoms with E-state index in [0.717, 1.165) is 0 Å². The Morgan fingerprint density at radius 3 is 2.80 bits per heavy atom. The molecule has 1 aromatic carbocycles. The van der Waals surface area contributed by atoms with E-state index in [2.05, 4.69) is 5.10 Å². The Morgan fingerprint density at radius 2 is 2.20 bits per heavy atom. The van der Waals surface area contributed by atoms with Crippen molar-refractivity contribution in [2.75, 3.05) is 6.61 Å². The van der Waals surface area contributed by atoms with Crippen molar-refractivity contribution < 1.29 is 14.3 Å². The van der Waals surface area contributed by atoms with Crippen molar-refractivity contribution >= 4 is 35.5 Å². The van der Waals surface area contributed by atoms with Gasteiger partial charge in [-0.25, -0.2) is 9.48 Å². The molecule has 1 aromatic heterocycles. The second-order valence-electron chi connectivity index (χ2n) is 3.81. The number of esters is 1. The Labute approximate surface area is 125 Å². The summed E-state index contributed by atoms with van der Waals surface area (Å²) < 4.78 is 6.18. The topological polar surface area (TPSA) is 61.2 Å². The van der Waals surface area contributed by atoms with Gasteiger partial charge in [0.2, 0.25) is 0 Å². The van der Waals surface area contributed by atoms with Crippen molar-refractivity contribution in [3.05, 3.63) is 45.7 Å². The fraction of sp³-hybridized carbons (Fsp3) is 0.154. The molecule has 0 saturated heterocycles. The van der Waals surface area contributed by atoms with E-state index in [1.54, 1.807) is 25.1 Å². The van der Waals surface area contributed by atoms with Crippen LogP contribution in [0.25, 0.3) is 5.69 Å². The van der Waals surface area contributed by atoms with Crippen LogP contribution in [0.2, 0.25) is 10.0 Å². The zero-order chi connectivity index (χ0) is 14.7. The maximum Gasteiger partial charge on any atom is 0.359 e. The highest BCUT2D eigenvalue weighted by atomic mass is 35.5. The minimum Gasteiger partial charge on any atom is -0.461 e. The summed E-state index contributed by atoms with van der Waals surface area (Å²) in [5.74, 6) is -0.654. The van der Waals surface area contributed by atoms with Gasteiger partial charge in [-0.1, -0.05) is 23.2 Å². The van der Waals surface area contributed by atoms with Gasteiger partial charge in [-0.3, -0.25) is 4.79 Å². The first-order valence-electron chi connectivity index (χ1n) is 5.74. The van der Waals surface area contributed by atoms with Gasteiger partial charge < -0.3 is 4.74 Å².